The minimum atomic E-state index is 0.423. The molecule has 5 rings (SSSR count). The van der Waals surface area contributed by atoms with Crippen molar-refractivity contribution in [2.24, 2.45) is 23.2 Å². The van der Waals surface area contributed by atoms with Crippen LogP contribution in [0, 0.1) is 23.2 Å². The van der Waals surface area contributed by atoms with E-state index in [4.69, 9.17) is 0 Å². The third kappa shape index (κ3) is 2.39. The maximum atomic E-state index is 4.67. The van der Waals surface area contributed by atoms with Crippen LogP contribution in [-0.4, -0.2) is 15.4 Å². The molecule has 0 aromatic carbocycles. The van der Waals surface area contributed by atoms with Crippen molar-refractivity contribution in [1.82, 2.24) is 9.36 Å². The first-order valence-corrected chi connectivity index (χ1v) is 9.41. The Hall–Kier alpha value is -0.640. The highest BCUT2D eigenvalue weighted by molar-refractivity contribution is 7.09. The van der Waals surface area contributed by atoms with E-state index in [-0.39, 0.29) is 0 Å². The molecule has 4 saturated carbocycles. The zero-order valence-corrected chi connectivity index (χ0v) is 14.2. The number of hydrogen-bond donors (Lipinski definition) is 1. The van der Waals surface area contributed by atoms with E-state index >= 15 is 0 Å². The second kappa shape index (κ2) is 4.94. The topological polar surface area (TPSA) is 37.8 Å². The molecule has 0 saturated heterocycles. The van der Waals surface area contributed by atoms with E-state index in [0.717, 1.165) is 28.7 Å². The molecule has 1 atom stereocenters. The molecule has 1 aromatic heterocycles. The van der Waals surface area contributed by atoms with Gasteiger partial charge < -0.3 is 5.32 Å². The van der Waals surface area contributed by atoms with E-state index in [1.165, 1.54) is 50.1 Å². The van der Waals surface area contributed by atoms with Crippen LogP contribution in [0.15, 0.2) is 0 Å². The highest BCUT2D eigenvalue weighted by Crippen LogP contribution is 2.61. The van der Waals surface area contributed by atoms with Gasteiger partial charge >= 0.3 is 0 Å². The fraction of sp³-hybridized carbons (Fsp3) is 0.882. The van der Waals surface area contributed by atoms with Crippen LogP contribution < -0.4 is 5.32 Å². The zero-order valence-electron chi connectivity index (χ0n) is 13.4. The van der Waals surface area contributed by atoms with Gasteiger partial charge in [0.2, 0.25) is 5.13 Å². The van der Waals surface area contributed by atoms with Gasteiger partial charge in [0, 0.05) is 23.5 Å². The maximum absolute atomic E-state index is 4.67. The Bertz CT molecular complexity index is 487. The lowest BCUT2D eigenvalue weighted by Gasteiger charge is -2.59. The van der Waals surface area contributed by atoms with E-state index in [0.29, 0.717) is 17.4 Å². The van der Waals surface area contributed by atoms with Gasteiger partial charge in [0.1, 0.15) is 5.82 Å². The first-order chi connectivity index (χ1) is 10.0. The van der Waals surface area contributed by atoms with Crippen LogP contribution in [0.2, 0.25) is 0 Å². The lowest BCUT2D eigenvalue weighted by atomic mass is 9.48. The Morgan fingerprint density at radius 3 is 2.10 bits per heavy atom. The molecule has 1 aromatic rings. The number of nitrogens with one attached hydrogen (secondary N) is 1. The molecule has 4 heteroatoms. The summed E-state index contributed by atoms with van der Waals surface area (Å²) in [6.45, 7) is 6.71. The van der Waals surface area contributed by atoms with Gasteiger partial charge in [-0.25, -0.2) is 4.98 Å². The molecule has 1 unspecified atom stereocenters. The quantitative estimate of drug-likeness (QED) is 0.877. The molecule has 4 aliphatic carbocycles. The van der Waals surface area contributed by atoms with Gasteiger partial charge in [0.15, 0.2) is 0 Å². The smallest absolute Gasteiger partial charge is 0.202 e. The van der Waals surface area contributed by atoms with Crippen LogP contribution in [0.5, 0.6) is 0 Å². The molecule has 1 N–H and O–H groups in total. The van der Waals surface area contributed by atoms with Crippen LogP contribution in [0.1, 0.15) is 71.0 Å². The van der Waals surface area contributed by atoms with Crippen LogP contribution in [0.25, 0.3) is 0 Å². The number of aromatic nitrogens is 2. The summed E-state index contributed by atoms with van der Waals surface area (Å²) in [7, 11) is 0. The second-order valence-corrected chi connectivity index (χ2v) is 9.01. The summed E-state index contributed by atoms with van der Waals surface area (Å²) in [5, 5.41) is 4.75. The van der Waals surface area contributed by atoms with Crippen molar-refractivity contribution < 1.29 is 0 Å². The van der Waals surface area contributed by atoms with E-state index < -0.39 is 0 Å². The fourth-order valence-electron chi connectivity index (χ4n) is 5.57. The normalized spacial score (nSPS) is 39.0. The number of hydrogen-bond acceptors (Lipinski definition) is 4. The van der Waals surface area contributed by atoms with Crippen molar-refractivity contribution in [2.75, 3.05) is 5.32 Å². The summed E-state index contributed by atoms with van der Waals surface area (Å²) in [6.07, 6.45) is 8.89. The van der Waals surface area contributed by atoms with Gasteiger partial charge in [-0.3, -0.25) is 0 Å². The predicted octanol–water partition coefficient (Wildman–Crippen LogP) is 4.68. The lowest BCUT2D eigenvalue weighted by Crippen LogP contribution is -2.52. The lowest BCUT2D eigenvalue weighted by molar-refractivity contribution is -0.0602. The van der Waals surface area contributed by atoms with Gasteiger partial charge in [-0.05, 0) is 68.6 Å². The molecule has 0 aliphatic heterocycles. The highest BCUT2D eigenvalue weighted by Gasteiger charge is 2.53. The van der Waals surface area contributed by atoms with E-state index in [9.17, 15) is 0 Å². The van der Waals surface area contributed by atoms with Crippen LogP contribution in [-0.2, 0) is 0 Å². The molecule has 4 bridgehead atoms. The highest BCUT2D eigenvalue weighted by atomic mass is 32.1. The van der Waals surface area contributed by atoms with Gasteiger partial charge in [-0.2, -0.15) is 4.37 Å². The molecule has 0 amide bonds. The molecule has 4 aliphatic rings. The Morgan fingerprint density at radius 1 is 1.05 bits per heavy atom. The molecule has 1 heterocycles. The standard InChI is InChI=1S/C17H27N3S/c1-10(2)15-19-16(21-20-15)18-11(3)17-7-12-4-13(8-17)6-14(5-12)9-17/h10-14H,4-9H2,1-3H3,(H,18,19,20). The molecule has 3 nitrogen and oxygen atoms in total. The van der Waals surface area contributed by atoms with Crippen LogP contribution >= 0.6 is 11.5 Å². The Balaban J connectivity index is 1.50. The van der Waals surface area contributed by atoms with Crippen molar-refractivity contribution in [1.29, 1.82) is 0 Å². The van der Waals surface area contributed by atoms with Crippen LogP contribution in [0.4, 0.5) is 5.13 Å². The second-order valence-electron chi connectivity index (χ2n) is 8.26. The summed E-state index contributed by atoms with van der Waals surface area (Å²) >= 11 is 1.54. The van der Waals surface area contributed by atoms with Crippen LogP contribution in [0.3, 0.4) is 0 Å². The Labute approximate surface area is 132 Å². The predicted molar refractivity (Wildman–Crippen MR) is 87.7 cm³/mol. The fourth-order valence-corrected chi connectivity index (χ4v) is 6.37. The summed E-state index contributed by atoms with van der Waals surface area (Å²) in [6, 6.07) is 0.541. The first-order valence-electron chi connectivity index (χ1n) is 8.64. The average Bonchev–Trinajstić information content (AvgIpc) is 2.85. The van der Waals surface area contributed by atoms with Crippen molar-refractivity contribution in [3.63, 3.8) is 0 Å². The summed E-state index contributed by atoms with van der Waals surface area (Å²) < 4.78 is 4.48. The average molecular weight is 305 g/mol. The molecule has 116 valence electrons. The molecular formula is C17H27N3S. The SMILES string of the molecule is CC(C)c1nsc(NC(C)C23CC4CC(CC(C4)C2)C3)n1. The number of rotatable bonds is 4. The number of nitrogens with zero attached hydrogens (tertiary/aromatic N) is 2. The van der Waals surface area contributed by atoms with Crippen molar-refractivity contribution in [2.45, 2.75) is 71.3 Å². The third-order valence-electron chi connectivity index (χ3n) is 6.30. The van der Waals surface area contributed by atoms with Gasteiger partial charge in [0.05, 0.1) is 0 Å². The molecule has 4 fully saturated rings. The van der Waals surface area contributed by atoms with E-state index in [2.05, 4.69) is 35.4 Å². The van der Waals surface area contributed by atoms with Gasteiger partial charge in [0.25, 0.3) is 0 Å². The third-order valence-corrected chi connectivity index (χ3v) is 6.96. The van der Waals surface area contributed by atoms with Crippen molar-refractivity contribution >= 4 is 16.7 Å². The minimum absolute atomic E-state index is 0.423. The Kier molecular flexibility index (Phi) is 3.29. The summed E-state index contributed by atoms with van der Waals surface area (Å²) in [5.41, 5.74) is 0.540. The summed E-state index contributed by atoms with van der Waals surface area (Å²) in [5.74, 6) is 4.45. The van der Waals surface area contributed by atoms with E-state index in [1.54, 1.807) is 0 Å². The largest absolute Gasteiger partial charge is 0.357 e. The monoisotopic (exact) mass is 305 g/mol. The molecular weight excluding hydrogens is 278 g/mol. The minimum Gasteiger partial charge on any atom is -0.357 e. The molecule has 21 heavy (non-hydrogen) atoms. The number of anilines is 1. The van der Waals surface area contributed by atoms with Crippen molar-refractivity contribution in [3.8, 4) is 0 Å². The van der Waals surface area contributed by atoms with Gasteiger partial charge in [-0.1, -0.05) is 13.8 Å². The zero-order chi connectivity index (χ0) is 14.6. The molecule has 0 radical (unpaired) electrons. The van der Waals surface area contributed by atoms with Crippen molar-refractivity contribution in [3.05, 3.63) is 5.82 Å². The summed E-state index contributed by atoms with van der Waals surface area (Å²) in [4.78, 5) is 4.67. The first kappa shape index (κ1) is 14.0. The van der Waals surface area contributed by atoms with Gasteiger partial charge in [-0.15, -0.1) is 0 Å². The Morgan fingerprint density at radius 2 is 1.62 bits per heavy atom. The molecule has 0 spiro atoms. The maximum Gasteiger partial charge on any atom is 0.202 e. The van der Waals surface area contributed by atoms with E-state index in [1.807, 2.05) is 0 Å².